The lowest BCUT2D eigenvalue weighted by Crippen LogP contribution is -2.62. The van der Waals surface area contributed by atoms with E-state index in [0.717, 1.165) is 30.6 Å². The average molecular weight is 453 g/mol. The molecule has 0 aromatic carbocycles. The number of carbonyl (C=O) groups excluding carboxylic acids is 1. The zero-order valence-corrected chi connectivity index (χ0v) is 22.4. The molecule has 4 saturated carbocycles. The molecule has 5 aliphatic carbocycles. The SMILES string of the molecule is C=C1C(OC(C)=O)CCC2(C)C1CCC1(C)C2CC=C2C3C(C)C(C)CCC3(C)CCC21C. The second-order valence-electron chi connectivity index (χ2n) is 14.0. The predicted octanol–water partition coefficient (Wildman–Crippen LogP) is 8.13. The first kappa shape index (κ1) is 23.7. The highest BCUT2D eigenvalue weighted by Crippen LogP contribution is 2.74. The molecule has 0 N–H and O–H groups in total. The molecule has 0 aliphatic heterocycles. The van der Waals surface area contributed by atoms with Gasteiger partial charge in [0.1, 0.15) is 6.10 Å². The highest BCUT2D eigenvalue weighted by atomic mass is 16.5. The van der Waals surface area contributed by atoms with Gasteiger partial charge in [0.15, 0.2) is 0 Å². The molecule has 4 fully saturated rings. The van der Waals surface area contributed by atoms with Gasteiger partial charge >= 0.3 is 5.97 Å². The Morgan fingerprint density at radius 1 is 1.00 bits per heavy atom. The first-order valence-electron chi connectivity index (χ1n) is 13.9. The second kappa shape index (κ2) is 7.47. The van der Waals surface area contributed by atoms with Gasteiger partial charge in [-0.1, -0.05) is 59.8 Å². The molecule has 0 aromatic heterocycles. The molecule has 0 heterocycles. The summed E-state index contributed by atoms with van der Waals surface area (Å²) in [5.74, 6) is 3.40. The summed E-state index contributed by atoms with van der Waals surface area (Å²) in [5.41, 5.74) is 4.47. The van der Waals surface area contributed by atoms with Crippen molar-refractivity contribution in [1.29, 1.82) is 0 Å². The molecule has 5 aliphatic rings. The molecule has 0 saturated heterocycles. The highest BCUT2D eigenvalue weighted by Gasteiger charge is 2.66. The van der Waals surface area contributed by atoms with Crippen LogP contribution in [0.5, 0.6) is 0 Å². The van der Waals surface area contributed by atoms with Crippen molar-refractivity contribution in [2.45, 2.75) is 112 Å². The number of rotatable bonds is 1. The smallest absolute Gasteiger partial charge is 0.303 e. The zero-order chi connectivity index (χ0) is 24.0. The van der Waals surface area contributed by atoms with E-state index in [0.29, 0.717) is 28.1 Å². The van der Waals surface area contributed by atoms with E-state index in [4.69, 9.17) is 4.74 Å². The minimum atomic E-state index is -0.163. The quantitative estimate of drug-likeness (QED) is 0.296. The maximum atomic E-state index is 11.7. The van der Waals surface area contributed by atoms with Crippen molar-refractivity contribution >= 4 is 5.97 Å². The molecule has 0 bridgehead atoms. The fourth-order valence-corrected chi connectivity index (χ4v) is 10.4. The monoisotopic (exact) mass is 452 g/mol. The topological polar surface area (TPSA) is 26.3 Å². The first-order chi connectivity index (χ1) is 15.4. The standard InChI is InChI=1S/C31H48O2/c1-19-11-14-28(5)17-18-30(7)24(27(28)20(19)2)9-10-26-29(6)15-13-25(33-22(4)32)21(3)23(29)12-16-31(26,30)8/h9,19-20,23,25-27H,3,10-18H2,1-2,4-8H3. The zero-order valence-electron chi connectivity index (χ0n) is 22.4. The largest absolute Gasteiger partial charge is 0.458 e. The molecule has 0 spiro atoms. The van der Waals surface area contributed by atoms with Gasteiger partial charge in [-0.3, -0.25) is 4.79 Å². The van der Waals surface area contributed by atoms with Crippen LogP contribution in [0.4, 0.5) is 0 Å². The van der Waals surface area contributed by atoms with Crippen LogP contribution in [0.2, 0.25) is 0 Å². The van der Waals surface area contributed by atoms with Crippen LogP contribution in [0.3, 0.4) is 0 Å². The Kier molecular flexibility index (Phi) is 5.36. The van der Waals surface area contributed by atoms with E-state index in [2.05, 4.69) is 54.2 Å². The second-order valence-corrected chi connectivity index (χ2v) is 14.0. The summed E-state index contributed by atoms with van der Waals surface area (Å²) >= 11 is 0. The fourth-order valence-electron chi connectivity index (χ4n) is 10.4. The molecule has 0 amide bonds. The van der Waals surface area contributed by atoms with Gasteiger partial charge in [0.25, 0.3) is 0 Å². The third-order valence-corrected chi connectivity index (χ3v) is 12.8. The normalized spacial score (nSPS) is 53.7. The van der Waals surface area contributed by atoms with Crippen LogP contribution in [-0.2, 0) is 9.53 Å². The summed E-state index contributed by atoms with van der Waals surface area (Å²) in [6.45, 7) is 21.7. The van der Waals surface area contributed by atoms with Crippen LogP contribution in [0.15, 0.2) is 23.8 Å². The first-order valence-corrected chi connectivity index (χ1v) is 13.9. The van der Waals surface area contributed by atoms with Crippen LogP contribution in [0.25, 0.3) is 0 Å². The van der Waals surface area contributed by atoms with Gasteiger partial charge in [0.05, 0.1) is 0 Å². The van der Waals surface area contributed by atoms with Gasteiger partial charge in [-0.25, -0.2) is 0 Å². The van der Waals surface area contributed by atoms with E-state index in [-0.39, 0.29) is 17.5 Å². The Morgan fingerprint density at radius 3 is 2.42 bits per heavy atom. The summed E-state index contributed by atoms with van der Waals surface area (Å²) in [6.07, 6.45) is 14.1. The maximum absolute atomic E-state index is 11.7. The van der Waals surface area contributed by atoms with Crippen LogP contribution < -0.4 is 0 Å². The number of ether oxygens (including phenoxy) is 1. The molecule has 5 rings (SSSR count). The number of hydrogen-bond donors (Lipinski definition) is 0. The van der Waals surface area contributed by atoms with Crippen LogP contribution >= 0.6 is 0 Å². The fraction of sp³-hybridized carbons (Fsp3) is 0.839. The van der Waals surface area contributed by atoms with E-state index in [1.54, 1.807) is 0 Å². The molecule has 10 unspecified atom stereocenters. The summed E-state index contributed by atoms with van der Waals surface area (Å²) < 4.78 is 5.71. The number of hydrogen-bond acceptors (Lipinski definition) is 2. The Hall–Kier alpha value is -1.05. The third-order valence-electron chi connectivity index (χ3n) is 12.8. The molecule has 184 valence electrons. The Labute approximate surface area is 203 Å². The number of esters is 1. The minimum absolute atomic E-state index is 0.0739. The molecule has 10 atom stereocenters. The third kappa shape index (κ3) is 3.07. The predicted molar refractivity (Wildman–Crippen MR) is 136 cm³/mol. The Bertz CT molecular complexity index is 885. The van der Waals surface area contributed by atoms with Gasteiger partial charge in [-0.15, -0.1) is 0 Å². The van der Waals surface area contributed by atoms with Crippen molar-refractivity contribution in [2.75, 3.05) is 0 Å². The minimum Gasteiger partial charge on any atom is -0.458 e. The molecule has 2 heteroatoms. The maximum Gasteiger partial charge on any atom is 0.303 e. The molecule has 33 heavy (non-hydrogen) atoms. The van der Waals surface area contributed by atoms with Crippen molar-refractivity contribution in [1.82, 2.24) is 0 Å². The summed E-state index contributed by atoms with van der Waals surface area (Å²) in [6, 6.07) is 0. The number of fused-ring (bicyclic) bond motifs is 7. The van der Waals surface area contributed by atoms with Crippen molar-refractivity contribution in [3.8, 4) is 0 Å². The van der Waals surface area contributed by atoms with Crippen LogP contribution in [-0.4, -0.2) is 12.1 Å². The average Bonchev–Trinajstić information content (AvgIpc) is 2.74. The Balaban J connectivity index is 1.52. The lowest BCUT2D eigenvalue weighted by molar-refractivity contribution is -0.162. The van der Waals surface area contributed by atoms with E-state index >= 15 is 0 Å². The molecule has 0 aromatic rings. The van der Waals surface area contributed by atoms with E-state index < -0.39 is 0 Å². The van der Waals surface area contributed by atoms with Crippen molar-refractivity contribution in [2.24, 2.45) is 51.2 Å². The van der Waals surface area contributed by atoms with E-state index in [9.17, 15) is 4.79 Å². The molecular weight excluding hydrogens is 404 g/mol. The summed E-state index contributed by atoms with van der Waals surface area (Å²) in [7, 11) is 0. The van der Waals surface area contributed by atoms with Crippen LogP contribution in [0, 0.1) is 51.2 Å². The van der Waals surface area contributed by atoms with Crippen molar-refractivity contribution in [3.63, 3.8) is 0 Å². The molecule has 2 nitrogen and oxygen atoms in total. The summed E-state index contributed by atoms with van der Waals surface area (Å²) in [4.78, 5) is 11.7. The lowest BCUT2D eigenvalue weighted by atomic mass is 9.34. The van der Waals surface area contributed by atoms with Gasteiger partial charge < -0.3 is 4.74 Å². The number of allylic oxidation sites excluding steroid dienone is 2. The van der Waals surface area contributed by atoms with Crippen molar-refractivity contribution < 1.29 is 9.53 Å². The van der Waals surface area contributed by atoms with E-state index in [1.165, 1.54) is 57.4 Å². The van der Waals surface area contributed by atoms with Crippen molar-refractivity contribution in [3.05, 3.63) is 23.8 Å². The van der Waals surface area contributed by atoms with Gasteiger partial charge in [0.2, 0.25) is 0 Å². The van der Waals surface area contributed by atoms with E-state index in [1.807, 2.05) is 5.57 Å². The summed E-state index contributed by atoms with van der Waals surface area (Å²) in [5, 5.41) is 0. The number of carbonyl (C=O) groups is 1. The molecular formula is C31H48O2. The van der Waals surface area contributed by atoms with Gasteiger partial charge in [0, 0.05) is 6.92 Å². The molecule has 0 radical (unpaired) electrons. The van der Waals surface area contributed by atoms with Gasteiger partial charge in [-0.2, -0.15) is 0 Å². The van der Waals surface area contributed by atoms with Gasteiger partial charge in [-0.05, 0) is 115 Å². The highest BCUT2D eigenvalue weighted by molar-refractivity contribution is 5.66. The Morgan fingerprint density at radius 2 is 1.73 bits per heavy atom. The van der Waals surface area contributed by atoms with Crippen LogP contribution in [0.1, 0.15) is 106 Å². The lowest BCUT2D eigenvalue weighted by Gasteiger charge is -2.70.